The third-order valence-electron chi connectivity index (χ3n) is 4.99. The second-order valence-corrected chi connectivity index (χ2v) is 6.85. The first kappa shape index (κ1) is 17.5. The van der Waals surface area contributed by atoms with E-state index in [2.05, 4.69) is 29.6 Å². The van der Waals surface area contributed by atoms with Gasteiger partial charge in [0.05, 0.1) is 0 Å². The van der Waals surface area contributed by atoms with Crippen LogP contribution in [0.2, 0.25) is 0 Å². The molecule has 6 nitrogen and oxygen atoms in total. The molecule has 1 aromatic carbocycles. The first-order valence-electron chi connectivity index (χ1n) is 8.94. The van der Waals surface area contributed by atoms with Crippen molar-refractivity contribution in [3.05, 3.63) is 35.4 Å². The highest BCUT2D eigenvalue weighted by Gasteiger charge is 2.32. The third-order valence-corrected chi connectivity index (χ3v) is 4.99. The maximum Gasteiger partial charge on any atom is 0.245 e. The van der Waals surface area contributed by atoms with Crippen LogP contribution in [0.4, 0.5) is 0 Å². The molecule has 0 saturated carbocycles. The molecule has 1 N–H and O–H groups in total. The summed E-state index contributed by atoms with van der Waals surface area (Å²) in [4.78, 5) is 39.6. The summed E-state index contributed by atoms with van der Waals surface area (Å²) in [6, 6.07) is 7.87. The van der Waals surface area contributed by atoms with E-state index in [1.807, 2.05) is 11.8 Å². The second kappa shape index (κ2) is 7.68. The lowest BCUT2D eigenvalue weighted by atomic mass is 10.1. The van der Waals surface area contributed by atoms with Gasteiger partial charge in [0.15, 0.2) is 0 Å². The van der Waals surface area contributed by atoms with Gasteiger partial charge in [-0.3, -0.25) is 14.4 Å². The minimum absolute atomic E-state index is 0.0161. The second-order valence-electron chi connectivity index (χ2n) is 6.85. The van der Waals surface area contributed by atoms with Gasteiger partial charge in [-0.15, -0.1) is 0 Å². The highest BCUT2D eigenvalue weighted by Crippen LogP contribution is 2.13. The number of carbonyl (C=O) groups excluding carboxylic acids is 3. The van der Waals surface area contributed by atoms with Gasteiger partial charge >= 0.3 is 0 Å². The van der Waals surface area contributed by atoms with Gasteiger partial charge in [-0.05, 0) is 25.3 Å². The average molecular weight is 343 g/mol. The van der Waals surface area contributed by atoms with E-state index in [0.29, 0.717) is 45.4 Å². The summed E-state index contributed by atoms with van der Waals surface area (Å²) in [5.41, 5.74) is 2.39. The molecule has 2 aliphatic heterocycles. The van der Waals surface area contributed by atoms with E-state index in [0.717, 1.165) is 6.42 Å². The van der Waals surface area contributed by atoms with Gasteiger partial charge in [0, 0.05) is 39.0 Å². The van der Waals surface area contributed by atoms with Crippen molar-refractivity contribution >= 4 is 17.7 Å². The molecule has 2 fully saturated rings. The summed E-state index contributed by atoms with van der Waals surface area (Å²) in [5, 5.41) is 2.72. The minimum Gasteiger partial charge on any atom is -0.344 e. The van der Waals surface area contributed by atoms with Crippen molar-refractivity contribution < 1.29 is 14.4 Å². The molecule has 2 aliphatic rings. The molecule has 1 atom stereocenters. The summed E-state index contributed by atoms with van der Waals surface area (Å²) >= 11 is 0. The Bertz CT molecular complexity index is 648. The molecular formula is C19H25N3O3. The Hall–Kier alpha value is -2.37. The summed E-state index contributed by atoms with van der Waals surface area (Å²) in [5.74, 6) is 0.0720. The summed E-state index contributed by atoms with van der Waals surface area (Å²) in [6.07, 6.45) is 2.24. The number of benzene rings is 1. The number of amides is 3. The van der Waals surface area contributed by atoms with Crippen LogP contribution in [0.3, 0.4) is 0 Å². The highest BCUT2D eigenvalue weighted by molar-refractivity contribution is 5.91. The van der Waals surface area contributed by atoms with Crippen LogP contribution in [-0.4, -0.2) is 59.7 Å². The van der Waals surface area contributed by atoms with Crippen LogP contribution >= 0.6 is 0 Å². The van der Waals surface area contributed by atoms with Crippen LogP contribution in [0.5, 0.6) is 0 Å². The van der Waals surface area contributed by atoms with Crippen LogP contribution in [0.25, 0.3) is 0 Å². The Balaban J connectivity index is 1.43. The zero-order valence-corrected chi connectivity index (χ0v) is 14.7. The van der Waals surface area contributed by atoms with Crippen molar-refractivity contribution in [2.75, 3.05) is 26.2 Å². The van der Waals surface area contributed by atoms with Crippen molar-refractivity contribution in [1.82, 2.24) is 15.1 Å². The number of piperazine rings is 1. The number of hydrogen-bond donors (Lipinski definition) is 1. The number of carbonyl (C=O) groups is 3. The van der Waals surface area contributed by atoms with Crippen LogP contribution in [0.15, 0.2) is 24.3 Å². The Morgan fingerprint density at radius 2 is 1.72 bits per heavy atom. The number of rotatable bonds is 4. The zero-order chi connectivity index (χ0) is 17.8. The van der Waals surface area contributed by atoms with E-state index in [4.69, 9.17) is 0 Å². The first-order chi connectivity index (χ1) is 12.0. The predicted octanol–water partition coefficient (Wildman–Crippen LogP) is 0.877. The average Bonchev–Trinajstić information content (AvgIpc) is 3.07. The maximum absolute atomic E-state index is 12.4. The quantitative estimate of drug-likeness (QED) is 0.882. The minimum atomic E-state index is -0.378. The number of nitrogens with one attached hydrogen (secondary N) is 1. The van der Waals surface area contributed by atoms with Crippen LogP contribution < -0.4 is 5.32 Å². The van der Waals surface area contributed by atoms with E-state index >= 15 is 0 Å². The largest absolute Gasteiger partial charge is 0.344 e. The standard InChI is InChI=1S/C19H25N3O3/c1-14-2-4-15(5-3-14)6-9-18(24)21-10-12-22(13-11-21)19(25)16-7-8-17(23)20-16/h2-5,16H,6-13H2,1H3,(H,20,23). The molecular weight excluding hydrogens is 318 g/mol. The van der Waals surface area contributed by atoms with Crippen LogP contribution in [-0.2, 0) is 20.8 Å². The number of nitrogens with zero attached hydrogens (tertiary/aromatic N) is 2. The van der Waals surface area contributed by atoms with Gasteiger partial charge in [0.1, 0.15) is 6.04 Å². The number of hydrogen-bond acceptors (Lipinski definition) is 3. The van der Waals surface area contributed by atoms with Crippen molar-refractivity contribution in [1.29, 1.82) is 0 Å². The molecule has 2 heterocycles. The smallest absolute Gasteiger partial charge is 0.245 e. The molecule has 3 amide bonds. The summed E-state index contributed by atoms with van der Waals surface area (Å²) < 4.78 is 0. The Kier molecular flexibility index (Phi) is 5.36. The van der Waals surface area contributed by atoms with Crippen molar-refractivity contribution in [2.45, 2.75) is 38.6 Å². The Labute approximate surface area is 148 Å². The van der Waals surface area contributed by atoms with Crippen LogP contribution in [0, 0.1) is 6.92 Å². The molecule has 0 bridgehead atoms. The molecule has 0 aliphatic carbocycles. The molecule has 134 valence electrons. The van der Waals surface area contributed by atoms with Crippen molar-refractivity contribution in [3.63, 3.8) is 0 Å². The Morgan fingerprint density at radius 1 is 1.08 bits per heavy atom. The van der Waals surface area contributed by atoms with Gasteiger partial charge in [-0.2, -0.15) is 0 Å². The molecule has 1 aromatic rings. The van der Waals surface area contributed by atoms with Crippen molar-refractivity contribution in [2.24, 2.45) is 0 Å². The highest BCUT2D eigenvalue weighted by atomic mass is 16.2. The van der Waals surface area contributed by atoms with E-state index in [1.165, 1.54) is 11.1 Å². The molecule has 0 radical (unpaired) electrons. The SMILES string of the molecule is Cc1ccc(CCC(=O)N2CCN(C(=O)C3CCC(=O)N3)CC2)cc1. The molecule has 0 aromatic heterocycles. The van der Waals surface area contributed by atoms with E-state index < -0.39 is 0 Å². The molecule has 3 rings (SSSR count). The fourth-order valence-electron chi connectivity index (χ4n) is 3.36. The molecule has 2 saturated heterocycles. The molecule has 0 spiro atoms. The third kappa shape index (κ3) is 4.38. The van der Waals surface area contributed by atoms with Gasteiger partial charge in [0.25, 0.3) is 0 Å². The van der Waals surface area contributed by atoms with E-state index in [-0.39, 0.29) is 23.8 Å². The zero-order valence-electron chi connectivity index (χ0n) is 14.7. The van der Waals surface area contributed by atoms with E-state index in [9.17, 15) is 14.4 Å². The lowest BCUT2D eigenvalue weighted by Crippen LogP contribution is -2.54. The monoisotopic (exact) mass is 343 g/mol. The van der Waals surface area contributed by atoms with Gasteiger partial charge in [-0.1, -0.05) is 29.8 Å². The maximum atomic E-state index is 12.4. The van der Waals surface area contributed by atoms with Crippen LogP contribution in [0.1, 0.15) is 30.4 Å². The van der Waals surface area contributed by atoms with Crippen molar-refractivity contribution in [3.8, 4) is 0 Å². The summed E-state index contributed by atoms with van der Waals surface area (Å²) in [7, 11) is 0. The van der Waals surface area contributed by atoms with Gasteiger partial charge in [-0.25, -0.2) is 0 Å². The first-order valence-corrected chi connectivity index (χ1v) is 8.94. The fraction of sp³-hybridized carbons (Fsp3) is 0.526. The topological polar surface area (TPSA) is 69.7 Å². The summed E-state index contributed by atoms with van der Waals surface area (Å²) in [6.45, 7) is 4.27. The molecule has 1 unspecified atom stereocenters. The van der Waals surface area contributed by atoms with E-state index in [1.54, 1.807) is 4.90 Å². The van der Waals surface area contributed by atoms with Gasteiger partial charge in [0.2, 0.25) is 17.7 Å². The molecule has 6 heteroatoms. The fourth-order valence-corrected chi connectivity index (χ4v) is 3.36. The number of aryl methyl sites for hydroxylation is 2. The normalized spacial score (nSPS) is 20.5. The van der Waals surface area contributed by atoms with Gasteiger partial charge < -0.3 is 15.1 Å². The lowest BCUT2D eigenvalue weighted by Gasteiger charge is -2.36. The lowest BCUT2D eigenvalue weighted by molar-refractivity contribution is -0.140. The Morgan fingerprint density at radius 3 is 2.32 bits per heavy atom. The molecule has 25 heavy (non-hydrogen) atoms. The predicted molar refractivity (Wildman–Crippen MR) is 93.8 cm³/mol.